The van der Waals surface area contributed by atoms with Crippen molar-refractivity contribution in [2.24, 2.45) is 0 Å². The standard InChI is InChI=1S/C26H23N3O3/c1-18(30)19-7-10-22(11-8-19)28-13-15-29(16-14-28)26(31)21-9-12-24-23(17-21)25(32-27-24)20-5-3-2-4-6-20/h2-12,17H,13-16H2,1H3. The normalized spacial score (nSPS) is 14.0. The maximum Gasteiger partial charge on any atom is 0.254 e. The molecule has 0 saturated carbocycles. The monoisotopic (exact) mass is 425 g/mol. The number of anilines is 1. The molecule has 1 aliphatic heterocycles. The van der Waals surface area contributed by atoms with Gasteiger partial charge < -0.3 is 14.3 Å². The van der Waals surface area contributed by atoms with Crippen molar-refractivity contribution in [3.05, 3.63) is 83.9 Å². The van der Waals surface area contributed by atoms with E-state index in [1.54, 1.807) is 6.92 Å². The van der Waals surface area contributed by atoms with Gasteiger partial charge in [-0.05, 0) is 49.4 Å². The zero-order chi connectivity index (χ0) is 22.1. The lowest BCUT2D eigenvalue weighted by atomic mass is 10.1. The van der Waals surface area contributed by atoms with E-state index in [-0.39, 0.29) is 11.7 Å². The molecular formula is C26H23N3O3. The number of fused-ring (bicyclic) bond motifs is 1. The van der Waals surface area contributed by atoms with Gasteiger partial charge in [-0.1, -0.05) is 35.5 Å². The van der Waals surface area contributed by atoms with Crippen LogP contribution < -0.4 is 4.90 Å². The van der Waals surface area contributed by atoms with Gasteiger partial charge in [0.25, 0.3) is 5.91 Å². The van der Waals surface area contributed by atoms with Gasteiger partial charge in [0.2, 0.25) is 0 Å². The average Bonchev–Trinajstić information content (AvgIpc) is 3.27. The van der Waals surface area contributed by atoms with E-state index in [2.05, 4.69) is 10.1 Å². The van der Waals surface area contributed by atoms with E-state index in [4.69, 9.17) is 4.52 Å². The first-order chi connectivity index (χ1) is 15.6. The predicted octanol–water partition coefficient (Wildman–Crippen LogP) is 4.66. The Morgan fingerprint density at radius 1 is 0.844 bits per heavy atom. The van der Waals surface area contributed by atoms with E-state index in [1.807, 2.05) is 77.7 Å². The molecule has 6 nitrogen and oxygen atoms in total. The van der Waals surface area contributed by atoms with Crippen molar-refractivity contribution in [3.8, 4) is 11.3 Å². The quantitative estimate of drug-likeness (QED) is 0.445. The number of hydrogen-bond acceptors (Lipinski definition) is 5. The lowest BCUT2D eigenvalue weighted by Gasteiger charge is -2.36. The molecule has 0 bridgehead atoms. The maximum atomic E-state index is 13.2. The Bertz CT molecular complexity index is 1270. The molecule has 5 rings (SSSR count). The fraction of sp³-hybridized carbons (Fsp3) is 0.192. The molecule has 3 aromatic carbocycles. The second-order valence-electron chi connectivity index (χ2n) is 7.99. The number of benzene rings is 3. The zero-order valence-corrected chi connectivity index (χ0v) is 17.8. The van der Waals surface area contributed by atoms with Crippen LogP contribution in [0.3, 0.4) is 0 Å². The molecule has 1 amide bonds. The van der Waals surface area contributed by atoms with Crippen LogP contribution in [0.4, 0.5) is 5.69 Å². The molecule has 0 aliphatic carbocycles. The summed E-state index contributed by atoms with van der Waals surface area (Å²) in [7, 11) is 0. The van der Waals surface area contributed by atoms with Crippen LogP contribution >= 0.6 is 0 Å². The van der Waals surface area contributed by atoms with Gasteiger partial charge in [-0.2, -0.15) is 0 Å². The molecule has 0 N–H and O–H groups in total. The summed E-state index contributed by atoms with van der Waals surface area (Å²) in [5.41, 5.74) is 4.09. The Kier molecular flexibility index (Phi) is 5.19. The van der Waals surface area contributed by atoms with E-state index >= 15 is 0 Å². The van der Waals surface area contributed by atoms with Gasteiger partial charge in [0, 0.05) is 48.6 Å². The molecule has 1 aromatic heterocycles. The summed E-state index contributed by atoms with van der Waals surface area (Å²) < 4.78 is 5.56. The Labute approximate surface area is 186 Å². The van der Waals surface area contributed by atoms with Crippen LogP contribution in [0.1, 0.15) is 27.6 Å². The minimum absolute atomic E-state index is 0.0127. The molecule has 1 saturated heterocycles. The van der Waals surface area contributed by atoms with Crippen LogP contribution in [0.5, 0.6) is 0 Å². The number of hydrogen-bond donors (Lipinski definition) is 0. The third-order valence-electron chi connectivity index (χ3n) is 5.97. The smallest absolute Gasteiger partial charge is 0.254 e. The molecule has 1 aliphatic rings. The van der Waals surface area contributed by atoms with Crippen molar-refractivity contribution in [1.29, 1.82) is 0 Å². The molecular weight excluding hydrogens is 402 g/mol. The molecule has 0 unspecified atom stereocenters. The van der Waals surface area contributed by atoms with Crippen molar-refractivity contribution in [2.75, 3.05) is 31.1 Å². The fourth-order valence-corrected chi connectivity index (χ4v) is 4.13. The van der Waals surface area contributed by atoms with Gasteiger partial charge in [-0.15, -0.1) is 0 Å². The molecule has 32 heavy (non-hydrogen) atoms. The van der Waals surface area contributed by atoms with Crippen molar-refractivity contribution < 1.29 is 14.1 Å². The second kappa shape index (κ2) is 8.30. The number of rotatable bonds is 4. The van der Waals surface area contributed by atoms with Gasteiger partial charge >= 0.3 is 0 Å². The SMILES string of the molecule is CC(=O)c1ccc(N2CCN(C(=O)c3ccc4noc(-c5ccccc5)c4c3)CC2)cc1. The van der Waals surface area contributed by atoms with E-state index in [0.29, 0.717) is 30.0 Å². The molecule has 2 heterocycles. The van der Waals surface area contributed by atoms with Gasteiger partial charge in [0.05, 0.1) is 5.39 Å². The second-order valence-corrected chi connectivity index (χ2v) is 7.99. The van der Waals surface area contributed by atoms with E-state index < -0.39 is 0 Å². The number of nitrogens with zero attached hydrogens (tertiary/aromatic N) is 3. The Balaban J connectivity index is 1.31. The van der Waals surface area contributed by atoms with Crippen LogP contribution in [0.2, 0.25) is 0 Å². The first kappa shape index (κ1) is 20.0. The summed E-state index contributed by atoms with van der Waals surface area (Å²) in [4.78, 5) is 28.8. The predicted molar refractivity (Wildman–Crippen MR) is 124 cm³/mol. The van der Waals surface area contributed by atoms with E-state index in [1.165, 1.54) is 0 Å². The first-order valence-corrected chi connectivity index (χ1v) is 10.7. The molecule has 1 fully saturated rings. The van der Waals surface area contributed by atoms with Crippen molar-refractivity contribution in [3.63, 3.8) is 0 Å². The van der Waals surface area contributed by atoms with Crippen molar-refractivity contribution >= 4 is 28.3 Å². The lowest BCUT2D eigenvalue weighted by Crippen LogP contribution is -2.48. The minimum atomic E-state index is 0.0127. The number of carbonyl (C=O) groups is 2. The summed E-state index contributed by atoms with van der Waals surface area (Å²) >= 11 is 0. The third kappa shape index (κ3) is 3.75. The molecule has 0 radical (unpaired) electrons. The zero-order valence-electron chi connectivity index (χ0n) is 17.8. The summed E-state index contributed by atoms with van der Waals surface area (Å²) in [6.07, 6.45) is 0. The molecule has 6 heteroatoms. The molecule has 160 valence electrons. The number of amides is 1. The number of Topliss-reactive ketones (excluding diaryl/α,β-unsaturated/α-hetero) is 1. The third-order valence-corrected chi connectivity index (χ3v) is 5.97. The number of piperazine rings is 1. The van der Waals surface area contributed by atoms with Crippen LogP contribution in [-0.2, 0) is 0 Å². The largest absolute Gasteiger partial charge is 0.368 e. The Morgan fingerprint density at radius 3 is 2.22 bits per heavy atom. The van der Waals surface area contributed by atoms with Crippen LogP contribution in [0.15, 0.2) is 77.3 Å². The fourth-order valence-electron chi connectivity index (χ4n) is 4.13. The minimum Gasteiger partial charge on any atom is -0.368 e. The molecule has 0 atom stereocenters. The Morgan fingerprint density at radius 2 is 1.53 bits per heavy atom. The highest BCUT2D eigenvalue weighted by Crippen LogP contribution is 2.29. The average molecular weight is 425 g/mol. The van der Waals surface area contributed by atoms with Crippen LogP contribution in [0.25, 0.3) is 22.2 Å². The number of aromatic nitrogens is 1. The highest BCUT2D eigenvalue weighted by atomic mass is 16.5. The van der Waals surface area contributed by atoms with Gasteiger partial charge in [-0.3, -0.25) is 9.59 Å². The van der Waals surface area contributed by atoms with E-state index in [9.17, 15) is 9.59 Å². The van der Waals surface area contributed by atoms with Crippen molar-refractivity contribution in [2.45, 2.75) is 6.92 Å². The summed E-state index contributed by atoms with van der Waals surface area (Å²) in [6.45, 7) is 4.34. The van der Waals surface area contributed by atoms with Crippen LogP contribution in [0, 0.1) is 0 Å². The van der Waals surface area contributed by atoms with Gasteiger partial charge in [0.1, 0.15) is 5.52 Å². The summed E-state index contributed by atoms with van der Waals surface area (Å²) in [6, 6.07) is 23.0. The van der Waals surface area contributed by atoms with Gasteiger partial charge in [-0.25, -0.2) is 0 Å². The topological polar surface area (TPSA) is 66.7 Å². The lowest BCUT2D eigenvalue weighted by molar-refractivity contribution is 0.0746. The molecule has 4 aromatic rings. The van der Waals surface area contributed by atoms with Crippen LogP contribution in [-0.4, -0.2) is 47.9 Å². The summed E-state index contributed by atoms with van der Waals surface area (Å²) in [5, 5.41) is 4.98. The van der Waals surface area contributed by atoms with E-state index in [0.717, 1.165) is 35.2 Å². The first-order valence-electron chi connectivity index (χ1n) is 10.7. The summed E-state index contributed by atoms with van der Waals surface area (Å²) in [5.74, 6) is 0.750. The number of ketones is 1. The maximum absolute atomic E-state index is 13.2. The number of carbonyl (C=O) groups excluding carboxylic acids is 2. The van der Waals surface area contributed by atoms with Crippen molar-refractivity contribution in [1.82, 2.24) is 10.1 Å². The molecule has 0 spiro atoms. The highest BCUT2D eigenvalue weighted by Gasteiger charge is 2.23. The highest BCUT2D eigenvalue weighted by molar-refractivity contribution is 6.01. The van der Waals surface area contributed by atoms with Gasteiger partial charge in [0.15, 0.2) is 11.5 Å². The Hall–Kier alpha value is -3.93.